The first kappa shape index (κ1) is 26.5. The van der Waals surface area contributed by atoms with Crippen molar-refractivity contribution in [3.63, 3.8) is 0 Å². The summed E-state index contributed by atoms with van der Waals surface area (Å²) in [5.41, 5.74) is 1.33. The van der Waals surface area contributed by atoms with Crippen molar-refractivity contribution in [2.45, 2.75) is 66.0 Å². The molecular formula is C25H31FN8O2. The molecule has 0 amide bonds. The maximum absolute atomic E-state index is 14.9. The van der Waals surface area contributed by atoms with Gasteiger partial charge in [0.25, 0.3) is 0 Å². The second-order valence-corrected chi connectivity index (χ2v) is 9.53. The summed E-state index contributed by atoms with van der Waals surface area (Å²) in [7, 11) is 0. The molecule has 10 nitrogen and oxygen atoms in total. The molecule has 0 spiro atoms. The van der Waals surface area contributed by atoms with Crippen LogP contribution in [0.3, 0.4) is 0 Å². The van der Waals surface area contributed by atoms with Gasteiger partial charge >= 0.3 is 5.97 Å². The molecule has 0 saturated heterocycles. The fourth-order valence-electron chi connectivity index (χ4n) is 3.65. The van der Waals surface area contributed by atoms with E-state index in [1.54, 1.807) is 24.7 Å². The zero-order valence-corrected chi connectivity index (χ0v) is 21.3. The number of aryl methyl sites for hydroxylation is 1. The van der Waals surface area contributed by atoms with Crippen molar-refractivity contribution in [3.05, 3.63) is 47.8 Å². The number of nitrogens with zero attached hydrogens (tertiary/aromatic N) is 6. The molecule has 0 fully saturated rings. The van der Waals surface area contributed by atoms with Crippen molar-refractivity contribution in [2.75, 3.05) is 10.6 Å². The molecule has 0 aliphatic heterocycles. The Hall–Kier alpha value is -4.07. The third kappa shape index (κ3) is 6.75. The van der Waals surface area contributed by atoms with Gasteiger partial charge in [-0.1, -0.05) is 13.8 Å². The van der Waals surface area contributed by atoms with E-state index in [9.17, 15) is 14.4 Å². The normalized spacial score (nSPS) is 12.9. The van der Waals surface area contributed by atoms with E-state index in [1.165, 1.54) is 4.80 Å². The lowest BCUT2D eigenvalue weighted by Crippen LogP contribution is -2.32. The molecular weight excluding hydrogens is 463 g/mol. The summed E-state index contributed by atoms with van der Waals surface area (Å²) in [5.74, 6) is -0.985. The first-order chi connectivity index (χ1) is 17.0. The molecule has 3 aromatic heterocycles. The molecule has 0 unspecified atom stereocenters. The number of ether oxygens (including phenoxy) is 1. The summed E-state index contributed by atoms with van der Waals surface area (Å²) >= 11 is 0. The van der Waals surface area contributed by atoms with Crippen molar-refractivity contribution >= 4 is 23.3 Å². The number of anilines is 3. The fraction of sp³-hybridized carbons (Fsp3) is 0.440. The van der Waals surface area contributed by atoms with E-state index < -0.39 is 11.4 Å². The van der Waals surface area contributed by atoms with Gasteiger partial charge in [-0.25, -0.2) is 9.37 Å². The highest BCUT2D eigenvalue weighted by Crippen LogP contribution is 2.27. The number of halogens is 1. The van der Waals surface area contributed by atoms with E-state index in [1.807, 2.05) is 47.6 Å². The summed E-state index contributed by atoms with van der Waals surface area (Å²) in [6.07, 6.45) is 5.49. The zero-order valence-electron chi connectivity index (χ0n) is 21.3. The van der Waals surface area contributed by atoms with Crippen molar-refractivity contribution < 1.29 is 13.9 Å². The van der Waals surface area contributed by atoms with Gasteiger partial charge in [0.2, 0.25) is 0 Å². The van der Waals surface area contributed by atoms with Crippen LogP contribution in [-0.4, -0.2) is 42.6 Å². The summed E-state index contributed by atoms with van der Waals surface area (Å²) < 4.78 is 20.3. The van der Waals surface area contributed by atoms with Gasteiger partial charge in [-0.05, 0) is 52.2 Å². The number of esters is 1. The third-order valence-electron chi connectivity index (χ3n) is 5.41. The highest BCUT2D eigenvalue weighted by atomic mass is 19.1. The van der Waals surface area contributed by atoms with Crippen LogP contribution in [0.25, 0.3) is 5.69 Å². The van der Waals surface area contributed by atoms with Gasteiger partial charge < -0.3 is 15.4 Å². The lowest BCUT2D eigenvalue weighted by molar-refractivity contribution is -0.155. The number of rotatable bonds is 9. The Bertz CT molecular complexity index is 1250. The van der Waals surface area contributed by atoms with E-state index >= 15 is 0 Å². The Morgan fingerprint density at radius 2 is 1.94 bits per heavy atom. The number of aromatic nitrogens is 5. The lowest BCUT2D eigenvalue weighted by Gasteiger charge is -2.26. The maximum atomic E-state index is 14.9. The van der Waals surface area contributed by atoms with Crippen LogP contribution in [0, 0.1) is 30.0 Å². The standard InChI is InChI=1S/C25H31FN8O2/c1-7-20(15(2)10-22(35)36-25(4,5)6)32-24-19(26)11-17(13-27)23(33-24)31-18-12-21(16(3)28-14-18)34-29-8-9-30-34/h8-9,11-12,14-15,20H,7,10H2,1-6H3,(H2,31,32,33)/t15-,20-/m1/s1. The van der Waals surface area contributed by atoms with Crippen molar-refractivity contribution in [2.24, 2.45) is 5.92 Å². The minimum Gasteiger partial charge on any atom is -0.460 e. The van der Waals surface area contributed by atoms with E-state index in [0.29, 0.717) is 23.5 Å². The monoisotopic (exact) mass is 494 g/mol. The molecule has 36 heavy (non-hydrogen) atoms. The predicted molar refractivity (Wildman–Crippen MR) is 133 cm³/mol. The zero-order chi connectivity index (χ0) is 26.5. The Morgan fingerprint density at radius 1 is 1.25 bits per heavy atom. The summed E-state index contributed by atoms with van der Waals surface area (Å²) in [6.45, 7) is 11.1. The van der Waals surface area contributed by atoms with Crippen LogP contribution >= 0.6 is 0 Å². The number of carbonyl (C=O) groups is 1. The molecule has 2 atom stereocenters. The van der Waals surface area contributed by atoms with Gasteiger partial charge in [-0.2, -0.15) is 15.5 Å². The van der Waals surface area contributed by atoms with Crippen LogP contribution in [0.1, 0.15) is 58.7 Å². The van der Waals surface area contributed by atoms with Gasteiger partial charge in [-0.15, -0.1) is 4.80 Å². The predicted octanol–water partition coefficient (Wildman–Crippen LogP) is 4.68. The second kappa shape index (κ2) is 11.1. The van der Waals surface area contributed by atoms with Crippen LogP contribution in [0.4, 0.5) is 21.7 Å². The molecule has 190 valence electrons. The average Bonchev–Trinajstić information content (AvgIpc) is 3.33. The quantitative estimate of drug-likeness (QED) is 0.407. The minimum atomic E-state index is -0.663. The molecule has 0 aromatic carbocycles. The molecule has 2 N–H and O–H groups in total. The largest absolute Gasteiger partial charge is 0.460 e. The van der Waals surface area contributed by atoms with Crippen LogP contribution in [-0.2, 0) is 9.53 Å². The Balaban J connectivity index is 1.83. The van der Waals surface area contributed by atoms with Gasteiger partial charge in [0.15, 0.2) is 17.5 Å². The van der Waals surface area contributed by atoms with Crippen LogP contribution < -0.4 is 10.6 Å². The summed E-state index contributed by atoms with van der Waals surface area (Å²) in [4.78, 5) is 22.4. The molecule has 0 radical (unpaired) electrons. The second-order valence-electron chi connectivity index (χ2n) is 9.53. The average molecular weight is 495 g/mol. The minimum absolute atomic E-state index is 0.0200. The van der Waals surface area contributed by atoms with Crippen LogP contribution in [0.5, 0.6) is 0 Å². The number of nitrogens with one attached hydrogen (secondary N) is 2. The maximum Gasteiger partial charge on any atom is 0.306 e. The number of pyridine rings is 2. The summed E-state index contributed by atoms with van der Waals surface area (Å²) in [6, 6.07) is 4.61. The van der Waals surface area contributed by atoms with Crippen molar-refractivity contribution in [1.82, 2.24) is 25.0 Å². The SMILES string of the molecule is CC[C@@H](Nc1nc(Nc2cnc(C)c(-n3nccn3)c2)c(C#N)cc1F)[C@H](C)CC(=O)OC(C)(C)C. The number of hydrogen-bond donors (Lipinski definition) is 2. The third-order valence-corrected chi connectivity index (χ3v) is 5.41. The van der Waals surface area contributed by atoms with E-state index in [4.69, 9.17) is 4.74 Å². The highest BCUT2D eigenvalue weighted by Gasteiger charge is 2.24. The van der Waals surface area contributed by atoms with Crippen LogP contribution in [0.2, 0.25) is 0 Å². The molecule has 3 rings (SSSR count). The Morgan fingerprint density at radius 3 is 2.56 bits per heavy atom. The topological polar surface area (TPSA) is 131 Å². The van der Waals surface area contributed by atoms with E-state index in [-0.39, 0.29) is 41.5 Å². The van der Waals surface area contributed by atoms with Gasteiger partial charge in [0.05, 0.1) is 42.0 Å². The number of hydrogen-bond acceptors (Lipinski definition) is 9. The van der Waals surface area contributed by atoms with Gasteiger partial charge in [-0.3, -0.25) is 9.78 Å². The van der Waals surface area contributed by atoms with Gasteiger partial charge in [0.1, 0.15) is 17.4 Å². The van der Waals surface area contributed by atoms with Crippen molar-refractivity contribution in [3.8, 4) is 11.8 Å². The lowest BCUT2D eigenvalue weighted by atomic mass is 9.96. The number of carbonyl (C=O) groups excluding carboxylic acids is 1. The Kier molecular flexibility index (Phi) is 8.19. The number of nitriles is 1. The van der Waals surface area contributed by atoms with E-state index in [0.717, 1.165) is 6.07 Å². The summed E-state index contributed by atoms with van der Waals surface area (Å²) in [5, 5.41) is 24.0. The highest BCUT2D eigenvalue weighted by molar-refractivity contribution is 5.70. The molecule has 0 aliphatic rings. The van der Waals surface area contributed by atoms with Gasteiger partial charge in [0, 0.05) is 6.04 Å². The first-order valence-corrected chi connectivity index (χ1v) is 11.7. The van der Waals surface area contributed by atoms with Crippen molar-refractivity contribution in [1.29, 1.82) is 5.26 Å². The fourth-order valence-corrected chi connectivity index (χ4v) is 3.65. The molecule has 3 aromatic rings. The molecule has 11 heteroatoms. The molecule has 0 bridgehead atoms. The smallest absolute Gasteiger partial charge is 0.306 e. The molecule has 0 saturated carbocycles. The molecule has 3 heterocycles. The Labute approximate surface area is 209 Å². The van der Waals surface area contributed by atoms with E-state index in [2.05, 4.69) is 30.8 Å². The van der Waals surface area contributed by atoms with Crippen LogP contribution in [0.15, 0.2) is 30.7 Å². The first-order valence-electron chi connectivity index (χ1n) is 11.7. The molecule has 0 aliphatic carbocycles.